The molecule has 12 aromatic rings. The fraction of sp³-hybridized carbons (Fsp3) is 0. The van der Waals surface area contributed by atoms with Crippen molar-refractivity contribution in [3.05, 3.63) is 206 Å². The summed E-state index contributed by atoms with van der Waals surface area (Å²) in [6.07, 6.45) is 1.88. The molecule has 0 atom stereocenters. The van der Waals surface area contributed by atoms with Gasteiger partial charge in [0.2, 0.25) is 0 Å². The highest BCUT2D eigenvalue weighted by molar-refractivity contribution is 6.17. The van der Waals surface area contributed by atoms with Crippen LogP contribution in [0.2, 0.25) is 0 Å². The van der Waals surface area contributed by atoms with E-state index in [1.165, 1.54) is 65.5 Å². The number of para-hydroxylation sites is 5. The van der Waals surface area contributed by atoms with E-state index in [1.54, 1.807) is 0 Å². The quantitative estimate of drug-likeness (QED) is 0.174. The first kappa shape index (κ1) is 31.6. The largest absolute Gasteiger partial charge is 0.309 e. The summed E-state index contributed by atoms with van der Waals surface area (Å²) in [5, 5.41) is 7.33. The molecule has 4 nitrogen and oxygen atoms in total. The molecule has 8 aromatic carbocycles. The number of benzene rings is 8. The van der Waals surface area contributed by atoms with E-state index >= 15 is 0 Å². The molecule has 4 heterocycles. The molecule has 0 saturated carbocycles. The van der Waals surface area contributed by atoms with E-state index in [-0.39, 0.29) is 0 Å². The van der Waals surface area contributed by atoms with Crippen LogP contribution in [-0.4, -0.2) is 18.7 Å². The number of hydrogen-bond acceptors (Lipinski definition) is 1. The third kappa shape index (κ3) is 4.77. The molecule has 0 aliphatic heterocycles. The van der Waals surface area contributed by atoms with Gasteiger partial charge in [0.05, 0.1) is 33.1 Å². The van der Waals surface area contributed by atoms with Gasteiger partial charge in [0.25, 0.3) is 0 Å². The fourth-order valence-electron chi connectivity index (χ4n) is 9.21. The van der Waals surface area contributed by atoms with E-state index in [2.05, 4.69) is 208 Å². The Kier molecular flexibility index (Phi) is 6.89. The van der Waals surface area contributed by atoms with Gasteiger partial charge in [-0.3, -0.25) is 4.57 Å². The molecule has 4 heteroatoms. The molecule has 266 valence electrons. The van der Waals surface area contributed by atoms with Crippen molar-refractivity contribution in [2.75, 3.05) is 0 Å². The standard InChI is InChI=1S/C53H34N4/c1-3-15-38(16-4-1)55-47-22-10-7-19-40(47)44-31-35(26-28-50(44)55)37-33-43(53-46(34-37)42-21-9-12-24-49(42)57(53)52-25-13-14-30-54-52)36-27-29-51-45(32-36)41-20-8-11-23-48(41)56(51)39-17-5-2-6-18-39/h1-34H. The Labute approximate surface area is 328 Å². The minimum Gasteiger partial charge on any atom is -0.309 e. The summed E-state index contributed by atoms with van der Waals surface area (Å²) < 4.78 is 7.11. The summed E-state index contributed by atoms with van der Waals surface area (Å²) in [5.74, 6) is 0.898. The zero-order valence-electron chi connectivity index (χ0n) is 30.9. The van der Waals surface area contributed by atoms with Crippen LogP contribution in [0, 0.1) is 0 Å². The molecular formula is C53H34N4. The highest BCUT2D eigenvalue weighted by Crippen LogP contribution is 2.44. The SMILES string of the molecule is c1ccc(-n2c3ccccc3c3cc(-c4cc(-c5ccc6c(c5)c5ccccc5n6-c5ccccc5)c5c(c4)c4ccccc4n5-c4ccccn4)ccc32)cc1. The average Bonchev–Trinajstić information content (AvgIpc) is 3.92. The second kappa shape index (κ2) is 12.4. The van der Waals surface area contributed by atoms with Crippen LogP contribution >= 0.6 is 0 Å². The molecule has 0 spiro atoms. The number of rotatable bonds is 5. The molecule has 0 aliphatic carbocycles. The normalized spacial score (nSPS) is 11.9. The molecule has 12 rings (SSSR count). The first-order chi connectivity index (χ1) is 28.3. The van der Waals surface area contributed by atoms with Gasteiger partial charge >= 0.3 is 0 Å². The van der Waals surface area contributed by atoms with Crippen molar-refractivity contribution in [1.29, 1.82) is 0 Å². The highest BCUT2D eigenvalue weighted by atomic mass is 15.1. The predicted octanol–water partition coefficient (Wildman–Crippen LogP) is 13.7. The Morgan fingerprint density at radius 3 is 1.33 bits per heavy atom. The molecule has 0 aliphatic rings. The lowest BCUT2D eigenvalue weighted by atomic mass is 9.94. The van der Waals surface area contributed by atoms with Gasteiger partial charge in [-0.25, -0.2) is 4.98 Å². The van der Waals surface area contributed by atoms with E-state index in [0.29, 0.717) is 0 Å². The summed E-state index contributed by atoms with van der Waals surface area (Å²) in [6.45, 7) is 0. The van der Waals surface area contributed by atoms with Crippen molar-refractivity contribution in [3.8, 4) is 39.4 Å². The second-order valence-electron chi connectivity index (χ2n) is 14.8. The number of fused-ring (bicyclic) bond motifs is 9. The fourth-order valence-corrected chi connectivity index (χ4v) is 9.21. The summed E-state index contributed by atoms with van der Waals surface area (Å²) in [4.78, 5) is 4.91. The molecular weight excluding hydrogens is 693 g/mol. The van der Waals surface area contributed by atoms with Crippen LogP contribution in [0.3, 0.4) is 0 Å². The summed E-state index contributed by atoms with van der Waals surface area (Å²) in [6, 6.07) is 72.5. The summed E-state index contributed by atoms with van der Waals surface area (Å²) >= 11 is 0. The molecule has 0 radical (unpaired) electrons. The van der Waals surface area contributed by atoms with Crippen molar-refractivity contribution in [2.24, 2.45) is 0 Å². The zero-order valence-corrected chi connectivity index (χ0v) is 30.9. The molecule has 0 unspecified atom stereocenters. The van der Waals surface area contributed by atoms with E-state index in [1.807, 2.05) is 12.3 Å². The maximum absolute atomic E-state index is 4.91. The van der Waals surface area contributed by atoms with Crippen molar-refractivity contribution in [2.45, 2.75) is 0 Å². The van der Waals surface area contributed by atoms with E-state index in [4.69, 9.17) is 4.98 Å². The molecule has 0 fully saturated rings. The van der Waals surface area contributed by atoms with E-state index < -0.39 is 0 Å². The lowest BCUT2D eigenvalue weighted by Gasteiger charge is -2.14. The molecule has 0 saturated heterocycles. The van der Waals surface area contributed by atoms with Gasteiger partial charge in [-0.1, -0.05) is 109 Å². The van der Waals surface area contributed by atoms with Crippen LogP contribution in [0.4, 0.5) is 0 Å². The van der Waals surface area contributed by atoms with Gasteiger partial charge in [-0.05, 0) is 108 Å². The number of aromatic nitrogens is 4. The topological polar surface area (TPSA) is 27.7 Å². The average molecular weight is 727 g/mol. The number of hydrogen-bond donors (Lipinski definition) is 0. The van der Waals surface area contributed by atoms with Crippen LogP contribution in [0.25, 0.3) is 105 Å². The van der Waals surface area contributed by atoms with E-state index in [0.717, 1.165) is 39.4 Å². The predicted molar refractivity (Wildman–Crippen MR) is 238 cm³/mol. The van der Waals surface area contributed by atoms with Crippen LogP contribution in [-0.2, 0) is 0 Å². The number of pyridine rings is 1. The Morgan fingerprint density at radius 2 is 0.754 bits per heavy atom. The van der Waals surface area contributed by atoms with E-state index in [9.17, 15) is 0 Å². The lowest BCUT2D eigenvalue weighted by Crippen LogP contribution is -1.98. The third-order valence-corrected chi connectivity index (χ3v) is 11.7. The maximum Gasteiger partial charge on any atom is 0.137 e. The first-order valence-electron chi connectivity index (χ1n) is 19.5. The minimum atomic E-state index is 0.898. The number of nitrogens with zero attached hydrogens (tertiary/aromatic N) is 4. The van der Waals surface area contributed by atoms with Crippen LogP contribution in [0.15, 0.2) is 206 Å². The van der Waals surface area contributed by atoms with Gasteiger partial charge in [-0.2, -0.15) is 0 Å². The monoisotopic (exact) mass is 726 g/mol. The van der Waals surface area contributed by atoms with Crippen molar-refractivity contribution < 1.29 is 0 Å². The Balaban J connectivity index is 1.16. The van der Waals surface area contributed by atoms with Gasteiger partial charge in [-0.15, -0.1) is 0 Å². The zero-order chi connectivity index (χ0) is 37.5. The van der Waals surface area contributed by atoms with Gasteiger partial charge in [0.15, 0.2) is 0 Å². The molecule has 0 amide bonds. The van der Waals surface area contributed by atoms with Gasteiger partial charge < -0.3 is 9.13 Å². The Morgan fingerprint density at radius 1 is 0.298 bits per heavy atom. The minimum absolute atomic E-state index is 0.898. The van der Waals surface area contributed by atoms with Crippen molar-refractivity contribution in [1.82, 2.24) is 18.7 Å². The van der Waals surface area contributed by atoms with Crippen molar-refractivity contribution in [3.63, 3.8) is 0 Å². The van der Waals surface area contributed by atoms with Crippen LogP contribution in [0.5, 0.6) is 0 Å². The van der Waals surface area contributed by atoms with Crippen molar-refractivity contribution >= 4 is 65.4 Å². The maximum atomic E-state index is 4.91. The molecule has 57 heavy (non-hydrogen) atoms. The second-order valence-corrected chi connectivity index (χ2v) is 14.8. The Bertz CT molecular complexity index is 3500. The van der Waals surface area contributed by atoms with Crippen LogP contribution < -0.4 is 0 Å². The highest BCUT2D eigenvalue weighted by Gasteiger charge is 2.21. The Hall–Kier alpha value is -7.69. The molecule has 0 bridgehead atoms. The van der Waals surface area contributed by atoms with Crippen LogP contribution in [0.1, 0.15) is 0 Å². The smallest absolute Gasteiger partial charge is 0.137 e. The summed E-state index contributed by atoms with van der Waals surface area (Å²) in [7, 11) is 0. The summed E-state index contributed by atoms with van der Waals surface area (Å²) in [5.41, 5.74) is 14.0. The van der Waals surface area contributed by atoms with Gasteiger partial charge in [0.1, 0.15) is 5.82 Å². The lowest BCUT2D eigenvalue weighted by molar-refractivity contribution is 1.08. The van der Waals surface area contributed by atoms with Gasteiger partial charge in [0, 0.05) is 55.5 Å². The molecule has 4 aromatic heterocycles. The molecule has 0 N–H and O–H groups in total. The third-order valence-electron chi connectivity index (χ3n) is 11.7. The first-order valence-corrected chi connectivity index (χ1v) is 19.5.